The molecule has 0 saturated heterocycles. The van der Waals surface area contributed by atoms with Crippen LogP contribution >= 0.6 is 22.7 Å². The summed E-state index contributed by atoms with van der Waals surface area (Å²) in [5.41, 5.74) is 5.33. The van der Waals surface area contributed by atoms with E-state index < -0.39 is 0 Å². The summed E-state index contributed by atoms with van der Waals surface area (Å²) >= 11 is 3.07. The van der Waals surface area contributed by atoms with E-state index in [0.29, 0.717) is 0 Å². The van der Waals surface area contributed by atoms with Gasteiger partial charge in [0.2, 0.25) is 5.88 Å². The number of thiazole rings is 2. The van der Waals surface area contributed by atoms with Crippen molar-refractivity contribution in [3.8, 4) is 17.1 Å². The van der Waals surface area contributed by atoms with E-state index in [1.54, 1.807) is 16.7 Å². The average Bonchev–Trinajstić information content (AvgIpc) is 3.28. The van der Waals surface area contributed by atoms with Crippen molar-refractivity contribution in [2.75, 3.05) is 0 Å². The maximum absolute atomic E-state index is 9.74. The topological polar surface area (TPSA) is 46.0 Å². The molecule has 0 aliphatic carbocycles. The van der Waals surface area contributed by atoms with Crippen LogP contribution in [0.3, 0.4) is 0 Å². The summed E-state index contributed by atoms with van der Waals surface area (Å²) in [5, 5.41) is 13.1. The minimum absolute atomic E-state index is 0.0429. The molecule has 0 radical (unpaired) electrons. The number of benzene rings is 2. The maximum Gasteiger partial charge on any atom is 0.222 e. The van der Waals surface area contributed by atoms with E-state index in [1.165, 1.54) is 16.9 Å². The molecule has 0 spiro atoms. The van der Waals surface area contributed by atoms with Crippen LogP contribution in [-0.2, 0) is 0 Å². The number of aryl methyl sites for hydroxylation is 2. The molecule has 2 aromatic heterocycles. The van der Waals surface area contributed by atoms with Crippen molar-refractivity contribution in [1.29, 1.82) is 0 Å². The van der Waals surface area contributed by atoms with Gasteiger partial charge in [0.05, 0.1) is 11.1 Å². The van der Waals surface area contributed by atoms with Gasteiger partial charge in [-0.2, -0.15) is 0 Å². The summed E-state index contributed by atoms with van der Waals surface area (Å²) in [5.74, 6) is 0.0429. The molecule has 0 bridgehead atoms. The second-order valence-electron chi connectivity index (χ2n) is 6.27. The van der Waals surface area contributed by atoms with Crippen molar-refractivity contribution in [2.45, 2.75) is 13.8 Å². The van der Waals surface area contributed by atoms with Crippen molar-refractivity contribution in [3.63, 3.8) is 0 Å². The van der Waals surface area contributed by atoms with Crippen LogP contribution in [0.5, 0.6) is 5.88 Å². The van der Waals surface area contributed by atoms with Gasteiger partial charge in [-0.1, -0.05) is 60.2 Å². The Hall–Kier alpha value is -2.76. The molecule has 27 heavy (non-hydrogen) atoms. The van der Waals surface area contributed by atoms with Gasteiger partial charge in [0.25, 0.3) is 0 Å². The zero-order valence-electron chi connectivity index (χ0n) is 15.0. The van der Waals surface area contributed by atoms with E-state index in [2.05, 4.69) is 61.3 Å². The lowest BCUT2D eigenvalue weighted by Crippen LogP contribution is -1.88. The van der Waals surface area contributed by atoms with Crippen molar-refractivity contribution < 1.29 is 5.11 Å². The second-order valence-corrected chi connectivity index (χ2v) is 8.33. The largest absolute Gasteiger partial charge is 0.493 e. The fourth-order valence-electron chi connectivity index (χ4n) is 2.81. The zero-order chi connectivity index (χ0) is 18.8. The van der Waals surface area contributed by atoms with Gasteiger partial charge in [0, 0.05) is 16.0 Å². The lowest BCUT2D eigenvalue weighted by molar-refractivity contribution is 0.457. The van der Waals surface area contributed by atoms with Crippen LogP contribution in [0.2, 0.25) is 0 Å². The van der Waals surface area contributed by atoms with Gasteiger partial charge in [0.1, 0.15) is 10.0 Å². The minimum atomic E-state index is 0.0429. The third-order valence-corrected chi connectivity index (χ3v) is 6.05. The molecule has 2 heterocycles. The predicted octanol–water partition coefficient (Wildman–Crippen LogP) is 6.18. The molecule has 4 aromatic rings. The number of rotatable bonds is 4. The number of hydrogen-bond donors (Lipinski definition) is 1. The highest BCUT2D eigenvalue weighted by atomic mass is 32.1. The lowest BCUT2D eigenvalue weighted by atomic mass is 10.1. The molecular formula is C22H18N2OS2. The molecule has 1 N–H and O–H groups in total. The first-order valence-corrected chi connectivity index (χ1v) is 10.3. The van der Waals surface area contributed by atoms with E-state index in [4.69, 9.17) is 4.98 Å². The first-order valence-electron chi connectivity index (χ1n) is 8.56. The summed E-state index contributed by atoms with van der Waals surface area (Å²) < 4.78 is 0. The monoisotopic (exact) mass is 390 g/mol. The molecule has 0 aliphatic rings. The molecule has 0 aliphatic heterocycles. The molecule has 134 valence electrons. The van der Waals surface area contributed by atoms with Gasteiger partial charge in [-0.15, -0.1) is 22.7 Å². The average molecular weight is 391 g/mol. The van der Waals surface area contributed by atoms with Crippen LogP contribution in [-0.4, -0.2) is 15.1 Å². The van der Waals surface area contributed by atoms with Crippen LogP contribution in [0.1, 0.15) is 26.0 Å². The Kier molecular flexibility index (Phi) is 4.88. The Morgan fingerprint density at radius 2 is 1.67 bits per heavy atom. The van der Waals surface area contributed by atoms with Crippen molar-refractivity contribution >= 4 is 34.3 Å². The van der Waals surface area contributed by atoms with Crippen molar-refractivity contribution in [2.24, 2.45) is 0 Å². The lowest BCUT2D eigenvalue weighted by Gasteiger charge is -2.02. The van der Waals surface area contributed by atoms with Crippen LogP contribution in [0.15, 0.2) is 60.0 Å². The van der Waals surface area contributed by atoms with Gasteiger partial charge < -0.3 is 5.11 Å². The first kappa shape index (κ1) is 17.6. The Morgan fingerprint density at radius 1 is 0.926 bits per heavy atom. The minimum Gasteiger partial charge on any atom is -0.493 e. The van der Waals surface area contributed by atoms with Gasteiger partial charge in [-0.05, 0) is 25.5 Å². The third kappa shape index (κ3) is 3.84. The molecule has 0 saturated carbocycles. The standard InChI is InChI=1S/C22H18N2OS2/c1-14-8-10-16(11-9-14)12-18(21-23-19(25)13-26-21)22-24-20(15(2)27-22)17-6-4-3-5-7-17/h3-13,25H,1-2H3/b18-12+. The smallest absolute Gasteiger partial charge is 0.222 e. The molecule has 0 fully saturated rings. The van der Waals surface area contributed by atoms with Crippen LogP contribution in [0, 0.1) is 13.8 Å². The van der Waals surface area contributed by atoms with Gasteiger partial charge in [0.15, 0.2) is 0 Å². The van der Waals surface area contributed by atoms with Gasteiger partial charge >= 0.3 is 0 Å². The Morgan fingerprint density at radius 3 is 2.33 bits per heavy atom. The molecule has 3 nitrogen and oxygen atoms in total. The maximum atomic E-state index is 9.74. The van der Waals surface area contributed by atoms with Crippen molar-refractivity contribution in [3.05, 3.63) is 86.0 Å². The van der Waals surface area contributed by atoms with Crippen LogP contribution in [0.4, 0.5) is 0 Å². The van der Waals surface area contributed by atoms with E-state index >= 15 is 0 Å². The Labute approximate surface area is 166 Å². The fourth-order valence-corrected chi connectivity index (χ4v) is 4.52. The quantitative estimate of drug-likeness (QED) is 0.453. The number of hydrogen-bond acceptors (Lipinski definition) is 5. The van der Waals surface area contributed by atoms with E-state index in [-0.39, 0.29) is 5.88 Å². The van der Waals surface area contributed by atoms with Crippen molar-refractivity contribution in [1.82, 2.24) is 9.97 Å². The number of aromatic nitrogens is 2. The van der Waals surface area contributed by atoms with E-state index in [9.17, 15) is 5.11 Å². The third-order valence-electron chi connectivity index (χ3n) is 4.19. The molecular weight excluding hydrogens is 372 g/mol. The summed E-state index contributed by atoms with van der Waals surface area (Å²) in [6.07, 6.45) is 2.09. The van der Waals surface area contributed by atoms with Gasteiger partial charge in [-0.3, -0.25) is 0 Å². The van der Waals surface area contributed by atoms with E-state index in [0.717, 1.165) is 37.3 Å². The Bertz CT molecular complexity index is 1090. The zero-order valence-corrected chi connectivity index (χ0v) is 16.6. The highest BCUT2D eigenvalue weighted by Crippen LogP contribution is 2.36. The molecule has 4 rings (SSSR count). The second kappa shape index (κ2) is 7.47. The molecule has 2 aromatic carbocycles. The highest BCUT2D eigenvalue weighted by Gasteiger charge is 2.17. The molecule has 5 heteroatoms. The van der Waals surface area contributed by atoms with Crippen LogP contribution < -0.4 is 0 Å². The fraction of sp³-hybridized carbons (Fsp3) is 0.0909. The van der Waals surface area contributed by atoms with Gasteiger partial charge in [-0.25, -0.2) is 9.97 Å². The molecule has 0 amide bonds. The summed E-state index contributed by atoms with van der Waals surface area (Å²) in [7, 11) is 0. The summed E-state index contributed by atoms with van der Waals surface area (Å²) in [6.45, 7) is 4.16. The summed E-state index contributed by atoms with van der Waals surface area (Å²) in [6, 6.07) is 18.5. The van der Waals surface area contributed by atoms with E-state index in [1.807, 2.05) is 18.2 Å². The summed E-state index contributed by atoms with van der Waals surface area (Å²) in [4.78, 5) is 10.4. The Balaban J connectivity index is 1.83. The highest BCUT2D eigenvalue weighted by molar-refractivity contribution is 7.15. The molecule has 0 atom stereocenters. The SMILES string of the molecule is Cc1ccc(/C=C(\c2nc(O)cs2)c2nc(-c3ccccc3)c(C)s2)cc1. The first-order chi connectivity index (χ1) is 13.1. The van der Waals surface area contributed by atoms with Crippen LogP contribution in [0.25, 0.3) is 22.9 Å². The normalized spacial score (nSPS) is 11.7. The number of nitrogens with zero attached hydrogens (tertiary/aromatic N) is 2. The molecule has 0 unspecified atom stereocenters. The number of aromatic hydroxyl groups is 1. The predicted molar refractivity (Wildman–Crippen MR) is 114 cm³/mol.